The maximum absolute atomic E-state index is 11.9. The molecule has 0 aliphatic carbocycles. The molecule has 0 unspecified atom stereocenters. The molecule has 2 aliphatic rings. The first-order valence-corrected chi connectivity index (χ1v) is 7.69. The second-order valence-electron chi connectivity index (χ2n) is 5.68. The Morgan fingerprint density at radius 3 is 2.20 bits per heavy atom. The van der Waals surface area contributed by atoms with Crippen molar-refractivity contribution in [3.8, 4) is 0 Å². The van der Waals surface area contributed by atoms with Crippen LogP contribution in [0.25, 0.3) is 0 Å². The van der Waals surface area contributed by atoms with Gasteiger partial charge in [-0.05, 0) is 49.9 Å². The summed E-state index contributed by atoms with van der Waals surface area (Å²) in [5.41, 5.74) is 2.32. The Morgan fingerprint density at radius 2 is 1.55 bits per heavy atom. The number of carbonyl (C=O) groups is 1. The van der Waals surface area contributed by atoms with E-state index in [1.165, 1.54) is 31.6 Å². The molecular formula is C16H23N3O. The van der Waals surface area contributed by atoms with Gasteiger partial charge in [0.1, 0.15) is 0 Å². The summed E-state index contributed by atoms with van der Waals surface area (Å²) >= 11 is 0. The average Bonchev–Trinajstić information content (AvgIpc) is 3.18. The number of nitrogens with one attached hydrogen (secondary N) is 1. The quantitative estimate of drug-likeness (QED) is 0.914. The Bertz CT molecular complexity index is 445. The van der Waals surface area contributed by atoms with Crippen molar-refractivity contribution in [1.29, 1.82) is 0 Å². The van der Waals surface area contributed by atoms with E-state index in [2.05, 4.69) is 34.5 Å². The maximum Gasteiger partial charge on any atom is 0.241 e. The summed E-state index contributed by atoms with van der Waals surface area (Å²) in [4.78, 5) is 16.3. The van der Waals surface area contributed by atoms with E-state index in [0.29, 0.717) is 6.54 Å². The minimum absolute atomic E-state index is 0.214. The first-order valence-electron chi connectivity index (χ1n) is 7.69. The van der Waals surface area contributed by atoms with Gasteiger partial charge in [-0.15, -0.1) is 0 Å². The maximum atomic E-state index is 11.9. The molecule has 4 heteroatoms. The van der Waals surface area contributed by atoms with E-state index < -0.39 is 0 Å². The first-order chi connectivity index (χ1) is 9.83. The second-order valence-corrected chi connectivity index (χ2v) is 5.68. The van der Waals surface area contributed by atoms with Gasteiger partial charge in [0.05, 0.1) is 6.54 Å². The molecule has 1 N–H and O–H groups in total. The minimum Gasteiger partial charge on any atom is -0.376 e. The molecule has 2 heterocycles. The Labute approximate surface area is 120 Å². The van der Waals surface area contributed by atoms with E-state index >= 15 is 0 Å². The molecule has 1 aromatic rings. The molecule has 0 aromatic heterocycles. The molecule has 108 valence electrons. The van der Waals surface area contributed by atoms with E-state index in [1.807, 2.05) is 4.90 Å². The van der Waals surface area contributed by atoms with Gasteiger partial charge in [0.25, 0.3) is 0 Å². The number of amides is 1. The van der Waals surface area contributed by atoms with Gasteiger partial charge in [-0.2, -0.15) is 0 Å². The van der Waals surface area contributed by atoms with Gasteiger partial charge in [-0.3, -0.25) is 4.79 Å². The van der Waals surface area contributed by atoms with Crippen LogP contribution in [0.15, 0.2) is 24.3 Å². The minimum atomic E-state index is 0.214. The van der Waals surface area contributed by atoms with Crippen LogP contribution in [0.5, 0.6) is 0 Å². The number of carbonyl (C=O) groups excluding carboxylic acids is 1. The lowest BCUT2D eigenvalue weighted by atomic mass is 10.2. The summed E-state index contributed by atoms with van der Waals surface area (Å²) in [5, 5.41) is 3.23. The average molecular weight is 273 g/mol. The Kier molecular flexibility index (Phi) is 4.09. The third kappa shape index (κ3) is 3.06. The lowest BCUT2D eigenvalue weighted by molar-refractivity contribution is -0.128. The molecule has 0 atom stereocenters. The number of hydrogen-bond acceptors (Lipinski definition) is 3. The molecule has 0 bridgehead atoms. The van der Waals surface area contributed by atoms with Gasteiger partial charge in [0.15, 0.2) is 0 Å². The van der Waals surface area contributed by atoms with Crippen molar-refractivity contribution in [2.24, 2.45) is 0 Å². The molecule has 20 heavy (non-hydrogen) atoms. The molecule has 0 spiro atoms. The topological polar surface area (TPSA) is 35.6 Å². The fourth-order valence-corrected chi connectivity index (χ4v) is 3.02. The van der Waals surface area contributed by atoms with E-state index in [-0.39, 0.29) is 5.91 Å². The molecular weight excluding hydrogens is 250 g/mol. The van der Waals surface area contributed by atoms with Crippen LogP contribution in [0.3, 0.4) is 0 Å². The van der Waals surface area contributed by atoms with Crippen LogP contribution < -0.4 is 10.2 Å². The van der Waals surface area contributed by atoms with Crippen molar-refractivity contribution in [1.82, 2.24) is 4.90 Å². The highest BCUT2D eigenvalue weighted by Crippen LogP contribution is 2.22. The van der Waals surface area contributed by atoms with Gasteiger partial charge < -0.3 is 15.1 Å². The van der Waals surface area contributed by atoms with E-state index in [4.69, 9.17) is 0 Å². The van der Waals surface area contributed by atoms with Crippen LogP contribution in [-0.2, 0) is 4.79 Å². The Balaban J connectivity index is 1.51. The number of rotatable bonds is 4. The third-order valence-electron chi connectivity index (χ3n) is 4.24. The van der Waals surface area contributed by atoms with Crippen molar-refractivity contribution >= 4 is 17.3 Å². The normalized spacial score (nSPS) is 18.6. The van der Waals surface area contributed by atoms with Crippen LogP contribution in [-0.4, -0.2) is 43.5 Å². The monoisotopic (exact) mass is 273 g/mol. The molecule has 2 saturated heterocycles. The summed E-state index contributed by atoms with van der Waals surface area (Å²) in [6.45, 7) is 4.59. The summed E-state index contributed by atoms with van der Waals surface area (Å²) in [6, 6.07) is 8.44. The highest BCUT2D eigenvalue weighted by Gasteiger charge is 2.17. The van der Waals surface area contributed by atoms with Crippen LogP contribution in [0.4, 0.5) is 11.4 Å². The van der Waals surface area contributed by atoms with Crippen molar-refractivity contribution in [2.45, 2.75) is 25.7 Å². The van der Waals surface area contributed by atoms with Crippen LogP contribution in [0.2, 0.25) is 0 Å². The standard InChI is InChI=1S/C16H23N3O/c20-16(19-11-3-4-12-19)13-17-14-5-7-15(8-6-14)18-9-1-2-10-18/h5-8,17H,1-4,9-13H2. The van der Waals surface area contributed by atoms with Gasteiger partial charge in [0, 0.05) is 37.6 Å². The summed E-state index contributed by atoms with van der Waals surface area (Å²) in [7, 11) is 0. The predicted molar refractivity (Wildman–Crippen MR) is 82.2 cm³/mol. The second kappa shape index (κ2) is 6.16. The fraction of sp³-hybridized carbons (Fsp3) is 0.562. The van der Waals surface area contributed by atoms with Gasteiger partial charge in [-0.25, -0.2) is 0 Å². The van der Waals surface area contributed by atoms with Gasteiger partial charge in [0.2, 0.25) is 5.91 Å². The molecule has 0 saturated carbocycles. The van der Waals surface area contributed by atoms with Crippen LogP contribution >= 0.6 is 0 Å². The number of benzene rings is 1. The van der Waals surface area contributed by atoms with Crippen molar-refractivity contribution in [3.63, 3.8) is 0 Å². The SMILES string of the molecule is O=C(CNc1ccc(N2CCCC2)cc1)N1CCCC1. The summed E-state index contributed by atoms with van der Waals surface area (Å²) < 4.78 is 0. The molecule has 1 aromatic carbocycles. The molecule has 1 amide bonds. The number of likely N-dealkylation sites (tertiary alicyclic amines) is 1. The Hall–Kier alpha value is -1.71. The highest BCUT2D eigenvalue weighted by molar-refractivity contribution is 5.81. The molecule has 0 radical (unpaired) electrons. The summed E-state index contributed by atoms with van der Waals surface area (Å²) in [5.74, 6) is 0.214. The van der Waals surface area contributed by atoms with Crippen molar-refractivity contribution in [2.75, 3.05) is 42.9 Å². The lowest BCUT2D eigenvalue weighted by Gasteiger charge is -2.18. The fourth-order valence-electron chi connectivity index (χ4n) is 3.02. The smallest absolute Gasteiger partial charge is 0.241 e. The zero-order chi connectivity index (χ0) is 13.8. The largest absolute Gasteiger partial charge is 0.376 e. The number of nitrogens with zero attached hydrogens (tertiary/aromatic N) is 2. The molecule has 2 aliphatic heterocycles. The molecule has 4 nitrogen and oxygen atoms in total. The van der Waals surface area contributed by atoms with E-state index in [9.17, 15) is 4.79 Å². The Morgan fingerprint density at radius 1 is 0.950 bits per heavy atom. The molecule has 3 rings (SSSR count). The number of anilines is 2. The van der Waals surface area contributed by atoms with Crippen LogP contribution in [0, 0.1) is 0 Å². The van der Waals surface area contributed by atoms with Crippen LogP contribution in [0.1, 0.15) is 25.7 Å². The highest BCUT2D eigenvalue weighted by atomic mass is 16.2. The number of hydrogen-bond donors (Lipinski definition) is 1. The predicted octanol–water partition coefficient (Wildman–Crippen LogP) is 2.32. The zero-order valence-electron chi connectivity index (χ0n) is 12.0. The zero-order valence-corrected chi connectivity index (χ0v) is 12.0. The van der Waals surface area contributed by atoms with E-state index in [1.54, 1.807) is 0 Å². The van der Waals surface area contributed by atoms with E-state index in [0.717, 1.165) is 31.6 Å². The molecule has 2 fully saturated rings. The van der Waals surface area contributed by atoms with Crippen molar-refractivity contribution in [3.05, 3.63) is 24.3 Å². The third-order valence-corrected chi connectivity index (χ3v) is 4.24. The summed E-state index contributed by atoms with van der Waals surface area (Å²) in [6.07, 6.45) is 4.89. The van der Waals surface area contributed by atoms with Crippen molar-refractivity contribution < 1.29 is 4.79 Å². The first kappa shape index (κ1) is 13.3. The van der Waals surface area contributed by atoms with Gasteiger partial charge in [-0.1, -0.05) is 0 Å². The van der Waals surface area contributed by atoms with Gasteiger partial charge >= 0.3 is 0 Å². The lowest BCUT2D eigenvalue weighted by Crippen LogP contribution is -2.32.